The number of hydrogen-bond donors (Lipinski definition) is 1. The molecule has 0 atom stereocenters. The molecule has 0 saturated carbocycles. The molecule has 2 rings (SSSR count). The van der Waals surface area contributed by atoms with Crippen LogP contribution in [0.25, 0.3) is 0 Å². The van der Waals surface area contributed by atoms with Gasteiger partial charge >= 0.3 is 5.97 Å². The first kappa shape index (κ1) is 14.8. The highest BCUT2D eigenvalue weighted by Crippen LogP contribution is 2.15. The summed E-state index contributed by atoms with van der Waals surface area (Å²) in [4.78, 5) is 24.7. The van der Waals surface area contributed by atoms with Gasteiger partial charge in [-0.3, -0.25) is 4.79 Å². The number of aryl methyl sites for hydroxylation is 1. The number of amides is 1. The van der Waals surface area contributed by atoms with Crippen molar-refractivity contribution in [3.8, 4) is 0 Å². The number of carboxylic acids is 1. The van der Waals surface area contributed by atoms with Gasteiger partial charge in [0.2, 0.25) is 0 Å². The molecular weight excluding hydrogens is 270 g/mol. The van der Waals surface area contributed by atoms with E-state index >= 15 is 0 Å². The zero-order valence-electron chi connectivity index (χ0n) is 12.0. The summed E-state index contributed by atoms with van der Waals surface area (Å²) in [6.07, 6.45) is 2.18. The Balaban J connectivity index is 2.08. The molecule has 21 heavy (non-hydrogen) atoms. The van der Waals surface area contributed by atoms with Crippen molar-refractivity contribution < 1.29 is 19.1 Å². The highest BCUT2D eigenvalue weighted by Gasteiger charge is 2.17. The molecule has 0 aliphatic carbocycles. The molecule has 0 fully saturated rings. The van der Waals surface area contributed by atoms with Crippen LogP contribution in [-0.4, -0.2) is 28.9 Å². The Morgan fingerprint density at radius 3 is 2.43 bits per heavy atom. The van der Waals surface area contributed by atoms with E-state index < -0.39 is 5.97 Å². The number of carboxylic acid groups (broad SMARTS) is 1. The van der Waals surface area contributed by atoms with Crippen molar-refractivity contribution in [2.24, 2.45) is 0 Å². The Morgan fingerprint density at radius 1 is 1.19 bits per heavy atom. The minimum absolute atomic E-state index is 0.108. The topological polar surface area (TPSA) is 70.8 Å². The molecule has 5 heteroatoms. The first-order chi connectivity index (χ1) is 10.0. The van der Waals surface area contributed by atoms with E-state index in [4.69, 9.17) is 9.52 Å². The van der Waals surface area contributed by atoms with Gasteiger partial charge in [-0.15, -0.1) is 0 Å². The molecule has 0 spiro atoms. The summed E-state index contributed by atoms with van der Waals surface area (Å²) < 4.78 is 5.26. The van der Waals surface area contributed by atoms with Crippen molar-refractivity contribution in [1.29, 1.82) is 0 Å². The van der Waals surface area contributed by atoms with Gasteiger partial charge in [0.15, 0.2) is 0 Å². The third-order valence-corrected chi connectivity index (χ3v) is 3.26. The largest absolute Gasteiger partial charge is 0.478 e. The average molecular weight is 287 g/mol. The smallest absolute Gasteiger partial charge is 0.335 e. The maximum absolute atomic E-state index is 12.3. The zero-order valence-corrected chi connectivity index (χ0v) is 12.0. The van der Waals surface area contributed by atoms with Crippen LogP contribution in [0.1, 0.15) is 39.0 Å². The van der Waals surface area contributed by atoms with Crippen molar-refractivity contribution in [2.75, 3.05) is 7.05 Å². The van der Waals surface area contributed by atoms with Crippen LogP contribution < -0.4 is 0 Å². The lowest BCUT2D eigenvalue weighted by atomic mass is 10.1. The molecule has 2 aromatic rings. The van der Waals surface area contributed by atoms with Gasteiger partial charge in [-0.2, -0.15) is 0 Å². The zero-order chi connectivity index (χ0) is 15.4. The van der Waals surface area contributed by atoms with E-state index in [-0.39, 0.29) is 11.5 Å². The van der Waals surface area contributed by atoms with Crippen molar-refractivity contribution in [3.05, 3.63) is 59.0 Å². The molecular formula is C16H17NO4. The predicted molar refractivity (Wildman–Crippen MR) is 77.3 cm³/mol. The summed E-state index contributed by atoms with van der Waals surface area (Å²) in [5.74, 6) is -0.395. The van der Waals surface area contributed by atoms with Gasteiger partial charge in [0.25, 0.3) is 5.91 Å². The van der Waals surface area contributed by atoms with Crippen LogP contribution in [-0.2, 0) is 13.0 Å². The molecule has 0 unspecified atom stereocenters. The minimum atomic E-state index is -0.961. The molecule has 0 aliphatic heterocycles. The van der Waals surface area contributed by atoms with Crippen molar-refractivity contribution in [2.45, 2.75) is 19.9 Å². The summed E-state index contributed by atoms with van der Waals surface area (Å²) in [7, 11) is 1.71. The lowest BCUT2D eigenvalue weighted by Crippen LogP contribution is -2.26. The van der Waals surface area contributed by atoms with Crippen molar-refractivity contribution in [3.63, 3.8) is 0 Å². The minimum Gasteiger partial charge on any atom is -0.478 e. The summed E-state index contributed by atoms with van der Waals surface area (Å²) >= 11 is 0. The Morgan fingerprint density at radius 2 is 1.86 bits per heavy atom. The number of furan rings is 1. The first-order valence-electron chi connectivity index (χ1n) is 6.67. The van der Waals surface area contributed by atoms with Crippen LogP contribution in [0.2, 0.25) is 0 Å². The second-order valence-corrected chi connectivity index (χ2v) is 4.77. The number of carbonyl (C=O) groups is 2. The fourth-order valence-corrected chi connectivity index (χ4v) is 2.11. The molecule has 1 N–H and O–H groups in total. The second kappa shape index (κ2) is 6.26. The number of rotatable bonds is 5. The first-order valence-corrected chi connectivity index (χ1v) is 6.67. The standard InChI is InChI=1S/C16H17NO4/c1-3-14-13(8-9-21-14)15(18)17(2)10-11-4-6-12(7-5-11)16(19)20/h4-9H,3,10H2,1-2H3,(H,19,20). The van der Waals surface area contributed by atoms with Crippen molar-refractivity contribution in [1.82, 2.24) is 4.90 Å². The fraction of sp³-hybridized carbons (Fsp3) is 0.250. The summed E-state index contributed by atoms with van der Waals surface area (Å²) in [5, 5.41) is 8.85. The summed E-state index contributed by atoms with van der Waals surface area (Å²) in [6, 6.07) is 8.16. The van der Waals surface area contributed by atoms with Crippen LogP contribution in [0.4, 0.5) is 0 Å². The third-order valence-electron chi connectivity index (χ3n) is 3.26. The van der Waals surface area contributed by atoms with Gasteiger partial charge in [-0.25, -0.2) is 4.79 Å². The van der Waals surface area contributed by atoms with E-state index in [0.29, 0.717) is 24.3 Å². The predicted octanol–water partition coefficient (Wildman–Crippen LogP) is 2.81. The van der Waals surface area contributed by atoms with E-state index in [1.165, 1.54) is 18.4 Å². The summed E-state index contributed by atoms with van der Waals surface area (Å²) in [6.45, 7) is 2.34. The van der Waals surface area contributed by atoms with E-state index in [0.717, 1.165) is 5.56 Å². The lowest BCUT2D eigenvalue weighted by Gasteiger charge is -2.17. The quantitative estimate of drug-likeness (QED) is 0.918. The normalized spacial score (nSPS) is 10.4. The number of hydrogen-bond acceptors (Lipinski definition) is 3. The Labute approximate surface area is 122 Å². The van der Waals surface area contributed by atoms with E-state index in [1.54, 1.807) is 30.1 Å². The molecule has 0 radical (unpaired) electrons. The Hall–Kier alpha value is -2.56. The maximum Gasteiger partial charge on any atom is 0.335 e. The molecule has 1 aromatic heterocycles. The molecule has 0 bridgehead atoms. The van der Waals surface area contributed by atoms with Gasteiger partial charge in [0, 0.05) is 20.0 Å². The molecule has 1 amide bonds. The summed E-state index contributed by atoms with van der Waals surface area (Å²) in [5.41, 5.74) is 1.68. The number of carbonyl (C=O) groups excluding carboxylic acids is 1. The van der Waals surface area contributed by atoms with Crippen LogP contribution in [0.3, 0.4) is 0 Å². The second-order valence-electron chi connectivity index (χ2n) is 4.77. The highest BCUT2D eigenvalue weighted by molar-refractivity contribution is 5.95. The monoisotopic (exact) mass is 287 g/mol. The van der Waals surface area contributed by atoms with E-state index in [1.807, 2.05) is 6.92 Å². The molecule has 0 saturated heterocycles. The Bertz CT molecular complexity index is 643. The van der Waals surface area contributed by atoms with E-state index in [9.17, 15) is 9.59 Å². The van der Waals surface area contributed by atoms with Gasteiger partial charge in [-0.1, -0.05) is 19.1 Å². The van der Waals surface area contributed by atoms with Crippen LogP contribution >= 0.6 is 0 Å². The van der Waals surface area contributed by atoms with E-state index in [2.05, 4.69) is 0 Å². The molecule has 1 heterocycles. The number of aromatic carboxylic acids is 1. The number of benzene rings is 1. The maximum atomic E-state index is 12.3. The van der Waals surface area contributed by atoms with Crippen molar-refractivity contribution >= 4 is 11.9 Å². The SMILES string of the molecule is CCc1occc1C(=O)N(C)Cc1ccc(C(=O)O)cc1. The molecule has 110 valence electrons. The average Bonchev–Trinajstić information content (AvgIpc) is 2.95. The molecule has 1 aromatic carbocycles. The molecule has 0 aliphatic rings. The molecule has 5 nitrogen and oxygen atoms in total. The van der Waals surface area contributed by atoms with Crippen LogP contribution in [0.15, 0.2) is 41.0 Å². The van der Waals surface area contributed by atoms with Gasteiger partial charge in [-0.05, 0) is 23.8 Å². The Kier molecular flexibility index (Phi) is 4.42. The highest BCUT2D eigenvalue weighted by atomic mass is 16.4. The number of nitrogens with zero attached hydrogens (tertiary/aromatic N) is 1. The van der Waals surface area contributed by atoms with Gasteiger partial charge in [0.05, 0.1) is 17.4 Å². The third kappa shape index (κ3) is 3.31. The van der Waals surface area contributed by atoms with Gasteiger partial charge < -0.3 is 14.4 Å². The fourth-order valence-electron chi connectivity index (χ4n) is 2.11. The van der Waals surface area contributed by atoms with Crippen LogP contribution in [0, 0.1) is 0 Å². The lowest BCUT2D eigenvalue weighted by molar-refractivity contribution is 0.0695. The van der Waals surface area contributed by atoms with Crippen LogP contribution in [0.5, 0.6) is 0 Å². The van der Waals surface area contributed by atoms with Gasteiger partial charge in [0.1, 0.15) is 5.76 Å².